The predicted molar refractivity (Wildman–Crippen MR) is 89.8 cm³/mol. The molecule has 2 nitrogen and oxygen atoms in total. The number of hydrogen-bond donors (Lipinski definition) is 2. The minimum Gasteiger partial charge on any atom is -0.388 e. The average Bonchev–Trinajstić information content (AvgIpc) is 2.39. The molecule has 106 valence electrons. The summed E-state index contributed by atoms with van der Waals surface area (Å²) < 4.78 is 2.01. The highest BCUT2D eigenvalue weighted by molar-refractivity contribution is 9.10. The summed E-state index contributed by atoms with van der Waals surface area (Å²) in [5.41, 5.74) is 8.90. The van der Waals surface area contributed by atoms with Crippen LogP contribution in [0.4, 0.5) is 0 Å². The van der Waals surface area contributed by atoms with Crippen molar-refractivity contribution in [2.45, 2.75) is 18.9 Å². The van der Waals surface area contributed by atoms with E-state index in [2.05, 4.69) is 31.9 Å². The molecule has 2 atom stereocenters. The normalized spacial score (nSPS) is 14.1. The highest BCUT2D eigenvalue weighted by Gasteiger charge is 2.23. The fraction of sp³-hybridized carbons (Fsp3) is 0.250. The quantitative estimate of drug-likeness (QED) is 0.806. The molecular weight excluding hydrogens is 382 g/mol. The lowest BCUT2D eigenvalue weighted by molar-refractivity contribution is 0.146. The maximum Gasteiger partial charge on any atom is 0.0873 e. The van der Waals surface area contributed by atoms with Gasteiger partial charge in [-0.2, -0.15) is 0 Å². The highest BCUT2D eigenvalue weighted by Crippen LogP contribution is 2.33. The zero-order valence-corrected chi connectivity index (χ0v) is 14.4. The average molecular weight is 399 g/mol. The molecule has 0 saturated carbocycles. The zero-order valence-electron chi connectivity index (χ0n) is 11.2. The second-order valence-corrected chi connectivity index (χ2v) is 6.67. The van der Waals surface area contributed by atoms with Gasteiger partial charge in [0.2, 0.25) is 0 Å². The molecule has 0 heterocycles. The smallest absolute Gasteiger partial charge is 0.0873 e. The summed E-state index contributed by atoms with van der Waals surface area (Å²) in [5, 5.41) is 10.7. The van der Waals surface area contributed by atoms with Crippen LogP contribution in [-0.4, -0.2) is 11.7 Å². The van der Waals surface area contributed by atoms with E-state index in [1.54, 1.807) is 0 Å². The Morgan fingerprint density at radius 2 is 1.80 bits per heavy atom. The second kappa shape index (κ2) is 6.85. The molecule has 0 spiro atoms. The number of benzene rings is 2. The minimum atomic E-state index is -0.609. The predicted octanol–water partition coefficient (Wildman–Crippen LogP) is 4.30. The third-order valence-electron chi connectivity index (χ3n) is 3.46. The number of halogens is 2. The third-order valence-corrected chi connectivity index (χ3v) is 4.45. The Kier molecular flexibility index (Phi) is 5.38. The van der Waals surface area contributed by atoms with Crippen LogP contribution in [0.5, 0.6) is 0 Å². The van der Waals surface area contributed by atoms with Crippen LogP contribution < -0.4 is 5.73 Å². The van der Waals surface area contributed by atoms with E-state index in [0.717, 1.165) is 25.6 Å². The Morgan fingerprint density at radius 3 is 2.40 bits per heavy atom. The molecule has 0 bridgehead atoms. The summed E-state index contributed by atoms with van der Waals surface area (Å²) in [6.07, 6.45) is -0.609. The van der Waals surface area contributed by atoms with Gasteiger partial charge in [-0.15, -0.1) is 0 Å². The monoisotopic (exact) mass is 397 g/mol. The maximum atomic E-state index is 10.7. The van der Waals surface area contributed by atoms with Crippen molar-refractivity contribution in [1.29, 1.82) is 0 Å². The molecule has 0 aliphatic heterocycles. The van der Waals surface area contributed by atoms with Gasteiger partial charge in [0.15, 0.2) is 0 Å². The standard InChI is InChI=1S/C16H17Br2NO/c1-10-7-13(18)5-6-14(10)16(20)15(9-19)11-3-2-4-12(17)8-11/h2-8,15-16,20H,9,19H2,1H3. The Labute approximate surface area is 136 Å². The summed E-state index contributed by atoms with van der Waals surface area (Å²) in [7, 11) is 0. The maximum absolute atomic E-state index is 10.7. The molecule has 2 aromatic rings. The van der Waals surface area contributed by atoms with E-state index >= 15 is 0 Å². The Hall–Kier alpha value is -0.680. The number of aryl methyl sites for hydroxylation is 1. The van der Waals surface area contributed by atoms with Crippen LogP contribution in [0.25, 0.3) is 0 Å². The fourth-order valence-electron chi connectivity index (χ4n) is 2.37. The van der Waals surface area contributed by atoms with Gasteiger partial charge in [-0.25, -0.2) is 0 Å². The molecule has 0 fully saturated rings. The molecule has 0 aliphatic carbocycles. The summed E-state index contributed by atoms with van der Waals surface area (Å²) >= 11 is 6.90. The first-order chi connectivity index (χ1) is 9.52. The Morgan fingerprint density at radius 1 is 1.10 bits per heavy atom. The second-order valence-electron chi connectivity index (χ2n) is 4.84. The summed E-state index contributed by atoms with van der Waals surface area (Å²) in [4.78, 5) is 0. The lowest BCUT2D eigenvalue weighted by Gasteiger charge is -2.24. The van der Waals surface area contributed by atoms with E-state index in [-0.39, 0.29) is 5.92 Å². The van der Waals surface area contributed by atoms with Crippen molar-refractivity contribution >= 4 is 31.9 Å². The molecule has 2 aromatic carbocycles. The third kappa shape index (κ3) is 3.50. The topological polar surface area (TPSA) is 46.2 Å². The van der Waals surface area contributed by atoms with Gasteiger partial charge in [0.05, 0.1) is 6.10 Å². The van der Waals surface area contributed by atoms with Crippen molar-refractivity contribution in [2.24, 2.45) is 5.73 Å². The number of aliphatic hydroxyl groups is 1. The van der Waals surface area contributed by atoms with Crippen molar-refractivity contribution in [3.05, 3.63) is 68.1 Å². The van der Waals surface area contributed by atoms with Crippen LogP contribution >= 0.6 is 31.9 Å². The van der Waals surface area contributed by atoms with Gasteiger partial charge in [-0.1, -0.05) is 50.1 Å². The first-order valence-electron chi connectivity index (χ1n) is 6.42. The summed E-state index contributed by atoms with van der Waals surface area (Å²) in [6, 6.07) is 13.8. The number of rotatable bonds is 4. The van der Waals surface area contributed by atoms with Gasteiger partial charge in [0.1, 0.15) is 0 Å². The molecule has 2 unspecified atom stereocenters. The van der Waals surface area contributed by atoms with Gasteiger partial charge >= 0.3 is 0 Å². The molecule has 0 aliphatic rings. The van der Waals surface area contributed by atoms with E-state index < -0.39 is 6.10 Å². The minimum absolute atomic E-state index is 0.118. The largest absolute Gasteiger partial charge is 0.388 e. The van der Waals surface area contributed by atoms with Gasteiger partial charge in [-0.05, 0) is 47.9 Å². The first kappa shape index (κ1) is 15.7. The first-order valence-corrected chi connectivity index (χ1v) is 8.01. The van der Waals surface area contributed by atoms with Gasteiger partial charge in [0.25, 0.3) is 0 Å². The molecule has 3 N–H and O–H groups in total. The summed E-state index contributed by atoms with van der Waals surface area (Å²) in [5.74, 6) is -0.118. The van der Waals surface area contributed by atoms with Gasteiger partial charge in [-0.3, -0.25) is 0 Å². The van der Waals surface area contributed by atoms with Crippen molar-refractivity contribution in [3.8, 4) is 0 Å². The lowest BCUT2D eigenvalue weighted by atomic mass is 9.87. The van der Waals surface area contributed by atoms with Crippen LogP contribution in [-0.2, 0) is 0 Å². The number of hydrogen-bond acceptors (Lipinski definition) is 2. The van der Waals surface area contributed by atoms with Crippen LogP contribution in [0.2, 0.25) is 0 Å². The van der Waals surface area contributed by atoms with Crippen LogP contribution in [0.3, 0.4) is 0 Å². The van der Waals surface area contributed by atoms with Crippen LogP contribution in [0.1, 0.15) is 28.7 Å². The van der Waals surface area contributed by atoms with Crippen molar-refractivity contribution in [1.82, 2.24) is 0 Å². The lowest BCUT2D eigenvalue weighted by Crippen LogP contribution is -2.20. The molecule has 0 radical (unpaired) electrons. The molecule has 0 aromatic heterocycles. The summed E-state index contributed by atoms with van der Waals surface area (Å²) in [6.45, 7) is 2.39. The van der Waals surface area contributed by atoms with E-state index in [0.29, 0.717) is 6.54 Å². The zero-order chi connectivity index (χ0) is 14.7. The number of aliphatic hydroxyl groups excluding tert-OH is 1. The SMILES string of the molecule is Cc1cc(Br)ccc1C(O)C(CN)c1cccc(Br)c1. The Balaban J connectivity index is 2.36. The van der Waals surface area contributed by atoms with Crippen molar-refractivity contribution in [2.75, 3.05) is 6.54 Å². The molecule has 4 heteroatoms. The van der Waals surface area contributed by atoms with Gasteiger partial charge < -0.3 is 10.8 Å². The number of nitrogens with two attached hydrogens (primary N) is 1. The molecule has 2 rings (SSSR count). The van der Waals surface area contributed by atoms with E-state index in [1.807, 2.05) is 49.4 Å². The van der Waals surface area contributed by atoms with Crippen LogP contribution in [0, 0.1) is 6.92 Å². The fourth-order valence-corrected chi connectivity index (χ4v) is 3.26. The van der Waals surface area contributed by atoms with Crippen molar-refractivity contribution in [3.63, 3.8) is 0 Å². The molecule has 0 saturated heterocycles. The molecular formula is C16H17Br2NO. The Bertz CT molecular complexity index is 601. The van der Waals surface area contributed by atoms with Gasteiger partial charge in [0, 0.05) is 21.4 Å². The highest BCUT2D eigenvalue weighted by atomic mass is 79.9. The molecule has 0 amide bonds. The van der Waals surface area contributed by atoms with Crippen molar-refractivity contribution < 1.29 is 5.11 Å². The van der Waals surface area contributed by atoms with Crippen LogP contribution in [0.15, 0.2) is 51.4 Å². The molecule has 20 heavy (non-hydrogen) atoms. The van der Waals surface area contributed by atoms with E-state index in [1.165, 1.54) is 0 Å². The van der Waals surface area contributed by atoms with E-state index in [4.69, 9.17) is 5.73 Å². The van der Waals surface area contributed by atoms with E-state index in [9.17, 15) is 5.11 Å².